The van der Waals surface area contributed by atoms with Crippen molar-refractivity contribution in [2.75, 3.05) is 5.32 Å². The molecule has 1 nitrogen and oxygen atoms in total. The van der Waals surface area contributed by atoms with Crippen LogP contribution in [0, 0.1) is 5.82 Å². The maximum Gasteiger partial charge on any atom is 0.123 e. The molecule has 1 N–H and O–H groups in total. The van der Waals surface area contributed by atoms with Gasteiger partial charge in [-0.2, -0.15) is 0 Å². The Hall–Kier alpha value is -1.25. The predicted molar refractivity (Wildman–Crippen MR) is 79.5 cm³/mol. The van der Waals surface area contributed by atoms with Gasteiger partial charge < -0.3 is 5.32 Å². The van der Waals surface area contributed by atoms with E-state index in [1.165, 1.54) is 12.1 Å². The van der Waals surface area contributed by atoms with Gasteiger partial charge in [-0.25, -0.2) is 4.39 Å². The van der Waals surface area contributed by atoms with Gasteiger partial charge in [0.15, 0.2) is 0 Å². The van der Waals surface area contributed by atoms with Gasteiger partial charge in [0.05, 0.1) is 16.8 Å². The van der Waals surface area contributed by atoms with Crippen molar-refractivity contribution in [3.63, 3.8) is 0 Å². The van der Waals surface area contributed by atoms with Crippen LogP contribution in [-0.4, -0.2) is 0 Å². The largest absolute Gasteiger partial charge is 0.377 e. The second-order valence-electron chi connectivity index (χ2n) is 4.28. The van der Waals surface area contributed by atoms with E-state index >= 15 is 0 Å². The Morgan fingerprint density at radius 1 is 1.16 bits per heavy atom. The van der Waals surface area contributed by atoms with Gasteiger partial charge in [0.1, 0.15) is 5.82 Å². The van der Waals surface area contributed by atoms with E-state index in [0.29, 0.717) is 10.0 Å². The molecule has 0 aliphatic carbocycles. The Bertz CT molecular complexity index is 572. The number of anilines is 1. The smallest absolute Gasteiger partial charge is 0.123 e. The highest BCUT2D eigenvalue weighted by atomic mass is 35.5. The Labute approximate surface area is 122 Å². The molecule has 0 spiro atoms. The summed E-state index contributed by atoms with van der Waals surface area (Å²) in [7, 11) is 0. The summed E-state index contributed by atoms with van der Waals surface area (Å²) in [5, 5.41) is 4.46. The van der Waals surface area contributed by atoms with E-state index in [0.717, 1.165) is 17.7 Å². The summed E-state index contributed by atoms with van der Waals surface area (Å²) in [6, 6.07) is 11.9. The standard InChI is InChI=1S/C15H14Cl2FN/c1-2-14(10-4-3-5-12(18)8-10)19-15-7-6-11(16)9-13(15)17/h3-9,14,19H,2H2,1H3. The molecule has 0 heterocycles. The molecule has 0 aromatic heterocycles. The molecular formula is C15H14Cl2FN. The lowest BCUT2D eigenvalue weighted by atomic mass is 10.0. The predicted octanol–water partition coefficient (Wildman–Crippen LogP) is 5.70. The molecule has 0 radical (unpaired) electrons. The van der Waals surface area contributed by atoms with Crippen molar-refractivity contribution in [3.8, 4) is 0 Å². The average Bonchev–Trinajstić information content (AvgIpc) is 2.38. The van der Waals surface area contributed by atoms with Gasteiger partial charge in [-0.15, -0.1) is 0 Å². The Morgan fingerprint density at radius 2 is 1.95 bits per heavy atom. The molecule has 0 fully saturated rings. The van der Waals surface area contributed by atoms with E-state index in [1.807, 2.05) is 19.1 Å². The quantitative estimate of drug-likeness (QED) is 0.764. The highest BCUT2D eigenvalue weighted by Crippen LogP contribution is 2.30. The highest BCUT2D eigenvalue weighted by Gasteiger charge is 2.11. The molecule has 0 aliphatic rings. The van der Waals surface area contributed by atoms with Crippen LogP contribution in [0.2, 0.25) is 10.0 Å². The van der Waals surface area contributed by atoms with E-state index in [2.05, 4.69) is 5.32 Å². The maximum atomic E-state index is 13.3. The number of hydrogen-bond donors (Lipinski definition) is 1. The molecule has 0 bridgehead atoms. The van der Waals surface area contributed by atoms with Gasteiger partial charge in [0.2, 0.25) is 0 Å². The molecule has 1 unspecified atom stereocenters. The summed E-state index contributed by atoms with van der Waals surface area (Å²) in [4.78, 5) is 0. The SMILES string of the molecule is CCC(Nc1ccc(Cl)cc1Cl)c1cccc(F)c1. The number of hydrogen-bond acceptors (Lipinski definition) is 1. The van der Waals surface area contributed by atoms with Crippen molar-refractivity contribution < 1.29 is 4.39 Å². The van der Waals surface area contributed by atoms with Gasteiger partial charge in [-0.05, 0) is 42.3 Å². The van der Waals surface area contributed by atoms with Crippen molar-refractivity contribution >= 4 is 28.9 Å². The molecule has 0 saturated carbocycles. The minimum atomic E-state index is -0.236. The van der Waals surface area contributed by atoms with E-state index in [1.54, 1.807) is 18.2 Å². The Morgan fingerprint density at radius 3 is 2.58 bits per heavy atom. The number of halogens is 3. The molecule has 19 heavy (non-hydrogen) atoms. The first-order valence-corrected chi connectivity index (χ1v) is 6.82. The average molecular weight is 298 g/mol. The van der Waals surface area contributed by atoms with Crippen LogP contribution in [0.15, 0.2) is 42.5 Å². The maximum absolute atomic E-state index is 13.3. The summed E-state index contributed by atoms with van der Waals surface area (Å²) in [5.41, 5.74) is 1.69. The van der Waals surface area contributed by atoms with Gasteiger partial charge in [-0.1, -0.05) is 42.3 Å². The van der Waals surface area contributed by atoms with Crippen LogP contribution in [0.25, 0.3) is 0 Å². The van der Waals surface area contributed by atoms with Gasteiger partial charge >= 0.3 is 0 Å². The third-order valence-electron chi connectivity index (χ3n) is 2.92. The second kappa shape index (κ2) is 6.27. The van der Waals surface area contributed by atoms with Gasteiger partial charge in [0, 0.05) is 5.02 Å². The molecule has 2 aromatic carbocycles. The van der Waals surface area contributed by atoms with Gasteiger partial charge in [-0.3, -0.25) is 0 Å². The van der Waals surface area contributed by atoms with Crippen LogP contribution in [0.5, 0.6) is 0 Å². The van der Waals surface area contributed by atoms with Crippen LogP contribution in [0.4, 0.5) is 10.1 Å². The van der Waals surface area contributed by atoms with Crippen LogP contribution < -0.4 is 5.32 Å². The molecular weight excluding hydrogens is 284 g/mol. The summed E-state index contributed by atoms with van der Waals surface area (Å²) in [6.45, 7) is 2.03. The fourth-order valence-corrected chi connectivity index (χ4v) is 2.40. The number of rotatable bonds is 4. The third-order valence-corrected chi connectivity index (χ3v) is 3.47. The van der Waals surface area contributed by atoms with E-state index < -0.39 is 0 Å². The molecule has 0 amide bonds. The minimum absolute atomic E-state index is 0.00868. The van der Waals surface area contributed by atoms with Crippen molar-refractivity contribution in [3.05, 3.63) is 63.9 Å². The zero-order valence-corrected chi connectivity index (χ0v) is 12.0. The second-order valence-corrected chi connectivity index (χ2v) is 5.13. The fourth-order valence-electron chi connectivity index (χ4n) is 1.94. The summed E-state index contributed by atoms with van der Waals surface area (Å²) in [5.74, 6) is -0.236. The van der Waals surface area contributed by atoms with E-state index in [4.69, 9.17) is 23.2 Å². The van der Waals surface area contributed by atoms with Crippen molar-refractivity contribution in [1.29, 1.82) is 0 Å². The topological polar surface area (TPSA) is 12.0 Å². The summed E-state index contributed by atoms with van der Waals surface area (Å²) >= 11 is 12.0. The Balaban J connectivity index is 2.24. The minimum Gasteiger partial charge on any atom is -0.377 e. The Kier molecular flexibility index (Phi) is 4.67. The first-order valence-electron chi connectivity index (χ1n) is 6.07. The van der Waals surface area contributed by atoms with Crippen LogP contribution >= 0.6 is 23.2 Å². The molecule has 1 atom stereocenters. The highest BCUT2D eigenvalue weighted by molar-refractivity contribution is 6.36. The zero-order valence-electron chi connectivity index (χ0n) is 10.5. The zero-order chi connectivity index (χ0) is 13.8. The van der Waals surface area contributed by atoms with Crippen LogP contribution in [-0.2, 0) is 0 Å². The third kappa shape index (κ3) is 3.62. The lowest BCUT2D eigenvalue weighted by molar-refractivity contribution is 0.621. The molecule has 2 rings (SSSR count). The molecule has 0 saturated heterocycles. The first kappa shape index (κ1) is 14.2. The van der Waals surface area contributed by atoms with E-state index in [9.17, 15) is 4.39 Å². The van der Waals surface area contributed by atoms with E-state index in [-0.39, 0.29) is 11.9 Å². The number of benzene rings is 2. The number of nitrogens with one attached hydrogen (secondary N) is 1. The molecule has 100 valence electrons. The van der Waals surface area contributed by atoms with Crippen molar-refractivity contribution in [2.24, 2.45) is 0 Å². The summed E-state index contributed by atoms with van der Waals surface area (Å²) < 4.78 is 13.3. The van der Waals surface area contributed by atoms with Crippen molar-refractivity contribution in [1.82, 2.24) is 0 Å². The van der Waals surface area contributed by atoms with Crippen molar-refractivity contribution in [2.45, 2.75) is 19.4 Å². The summed E-state index contributed by atoms with van der Waals surface area (Å²) in [6.07, 6.45) is 0.822. The fraction of sp³-hybridized carbons (Fsp3) is 0.200. The molecule has 4 heteroatoms. The van der Waals surface area contributed by atoms with Gasteiger partial charge in [0.25, 0.3) is 0 Å². The molecule has 2 aromatic rings. The first-order chi connectivity index (χ1) is 9.10. The normalized spacial score (nSPS) is 12.2. The lowest BCUT2D eigenvalue weighted by Crippen LogP contribution is -2.10. The lowest BCUT2D eigenvalue weighted by Gasteiger charge is -2.19. The van der Waals surface area contributed by atoms with Crippen LogP contribution in [0.1, 0.15) is 24.9 Å². The molecule has 0 aliphatic heterocycles. The van der Waals surface area contributed by atoms with Crippen LogP contribution in [0.3, 0.4) is 0 Å². The monoisotopic (exact) mass is 297 g/mol.